The smallest absolute Gasteiger partial charge is 0.339 e. The Morgan fingerprint density at radius 3 is 3.00 bits per heavy atom. The van der Waals surface area contributed by atoms with Gasteiger partial charge in [0.2, 0.25) is 0 Å². The molecule has 2 aromatic heterocycles. The Balaban J connectivity index is 1.87. The molecule has 1 aromatic carbocycles. The van der Waals surface area contributed by atoms with E-state index in [1.54, 1.807) is 24.4 Å². The summed E-state index contributed by atoms with van der Waals surface area (Å²) < 4.78 is 19.2. The number of hydrogen-bond acceptors (Lipinski definition) is 5. The number of H-pyrrole nitrogens is 1. The van der Waals surface area contributed by atoms with Crippen LogP contribution in [0.3, 0.4) is 0 Å². The quantitative estimate of drug-likeness (QED) is 0.720. The van der Waals surface area contributed by atoms with E-state index in [1.165, 1.54) is 13.3 Å². The highest BCUT2D eigenvalue weighted by Crippen LogP contribution is 2.34. The van der Waals surface area contributed by atoms with Crippen molar-refractivity contribution in [3.63, 3.8) is 0 Å². The van der Waals surface area contributed by atoms with Crippen LogP contribution in [0.15, 0.2) is 30.6 Å². The molecule has 0 atom stereocenters. The number of nitrogens with one attached hydrogen (secondary N) is 2. The van der Waals surface area contributed by atoms with E-state index in [0.717, 1.165) is 12.8 Å². The minimum atomic E-state index is -0.460. The van der Waals surface area contributed by atoms with Gasteiger partial charge in [-0.15, -0.1) is 0 Å². The van der Waals surface area contributed by atoms with Gasteiger partial charge in [0.05, 0.1) is 18.9 Å². The lowest BCUT2D eigenvalue weighted by molar-refractivity contribution is 0.0602. The van der Waals surface area contributed by atoms with Gasteiger partial charge in [-0.25, -0.2) is 14.2 Å². The number of nitrogens with zero attached hydrogens (tertiary/aromatic N) is 2. The first-order valence-corrected chi connectivity index (χ1v) is 7.64. The third-order valence-electron chi connectivity index (χ3n) is 4.06. The monoisotopic (exact) mass is 326 g/mol. The van der Waals surface area contributed by atoms with Crippen LogP contribution in [0.5, 0.6) is 0 Å². The van der Waals surface area contributed by atoms with Crippen molar-refractivity contribution in [3.8, 4) is 11.1 Å². The number of aromatic amines is 1. The number of benzene rings is 1. The van der Waals surface area contributed by atoms with Gasteiger partial charge >= 0.3 is 5.97 Å². The number of rotatable bonds is 4. The number of carbonyl (C=O) groups excluding carboxylic acids is 1. The van der Waals surface area contributed by atoms with Crippen molar-refractivity contribution in [2.24, 2.45) is 0 Å². The van der Waals surface area contributed by atoms with Crippen molar-refractivity contribution in [1.29, 1.82) is 0 Å². The van der Waals surface area contributed by atoms with Crippen molar-refractivity contribution in [1.82, 2.24) is 15.2 Å². The van der Waals surface area contributed by atoms with Crippen molar-refractivity contribution in [2.45, 2.75) is 18.9 Å². The first-order chi connectivity index (χ1) is 11.7. The molecule has 0 bridgehead atoms. The average molecular weight is 326 g/mol. The highest BCUT2D eigenvalue weighted by atomic mass is 19.1. The van der Waals surface area contributed by atoms with Gasteiger partial charge in [-0.1, -0.05) is 6.07 Å². The molecule has 24 heavy (non-hydrogen) atoms. The molecule has 4 rings (SSSR count). The number of methoxy groups -OCH3 is 1. The molecule has 2 N–H and O–H groups in total. The van der Waals surface area contributed by atoms with E-state index in [2.05, 4.69) is 20.5 Å². The number of pyridine rings is 1. The summed E-state index contributed by atoms with van der Waals surface area (Å²) in [6.45, 7) is 0. The molecule has 3 aromatic rings. The number of aromatic nitrogens is 3. The van der Waals surface area contributed by atoms with Crippen molar-refractivity contribution >= 4 is 22.7 Å². The zero-order chi connectivity index (χ0) is 16.7. The highest BCUT2D eigenvalue weighted by Gasteiger charge is 2.24. The molecular weight excluding hydrogens is 311 g/mol. The third-order valence-corrected chi connectivity index (χ3v) is 4.06. The molecule has 1 saturated carbocycles. The van der Waals surface area contributed by atoms with Crippen LogP contribution in [-0.4, -0.2) is 34.3 Å². The van der Waals surface area contributed by atoms with E-state index in [-0.39, 0.29) is 0 Å². The van der Waals surface area contributed by atoms with Crippen molar-refractivity contribution < 1.29 is 13.9 Å². The molecule has 2 heterocycles. The fourth-order valence-corrected chi connectivity index (χ4v) is 2.70. The maximum Gasteiger partial charge on any atom is 0.339 e. The molecule has 0 unspecified atom stereocenters. The number of fused-ring (bicyclic) bond motifs is 1. The molecule has 0 radical (unpaired) electrons. The largest absolute Gasteiger partial charge is 0.465 e. The van der Waals surface area contributed by atoms with Crippen molar-refractivity contribution in [2.75, 3.05) is 12.4 Å². The SMILES string of the molecule is COC(=O)c1ccc(-c2c(F)cnc3c[nH]nc23)cc1NC1CC1. The lowest BCUT2D eigenvalue weighted by Gasteiger charge is -2.13. The first kappa shape index (κ1) is 14.6. The van der Waals surface area contributed by atoms with Crippen LogP contribution in [0.1, 0.15) is 23.2 Å². The lowest BCUT2D eigenvalue weighted by atomic mass is 10.0. The van der Waals surface area contributed by atoms with Gasteiger partial charge in [-0.3, -0.25) is 5.10 Å². The fourth-order valence-electron chi connectivity index (χ4n) is 2.70. The average Bonchev–Trinajstić information content (AvgIpc) is 3.28. The van der Waals surface area contributed by atoms with E-state index < -0.39 is 11.8 Å². The maximum absolute atomic E-state index is 14.4. The molecule has 1 fully saturated rings. The Morgan fingerprint density at radius 2 is 2.25 bits per heavy atom. The minimum absolute atomic E-state index is 0.344. The number of carbonyl (C=O) groups is 1. The topological polar surface area (TPSA) is 79.9 Å². The fraction of sp³-hybridized carbons (Fsp3) is 0.235. The summed E-state index contributed by atoms with van der Waals surface area (Å²) in [5.41, 5.74) is 3.10. The number of ether oxygens (including phenoxy) is 1. The normalized spacial score (nSPS) is 13.9. The molecule has 0 saturated heterocycles. The van der Waals surface area contributed by atoms with Crippen molar-refractivity contribution in [3.05, 3.63) is 42.0 Å². The summed E-state index contributed by atoms with van der Waals surface area (Å²) in [5.74, 6) is -0.886. The molecule has 6 nitrogen and oxygen atoms in total. The predicted molar refractivity (Wildman–Crippen MR) is 87.3 cm³/mol. The third kappa shape index (κ3) is 2.47. The molecular formula is C17H15FN4O2. The van der Waals surface area contributed by atoms with Gasteiger partial charge in [-0.05, 0) is 30.5 Å². The summed E-state index contributed by atoms with van der Waals surface area (Å²) >= 11 is 0. The zero-order valence-electron chi connectivity index (χ0n) is 13.0. The van der Waals surface area contributed by atoms with Gasteiger partial charge in [-0.2, -0.15) is 5.10 Å². The Hall–Kier alpha value is -2.96. The Labute approximate surface area is 137 Å². The van der Waals surface area contributed by atoms with Crippen LogP contribution in [0, 0.1) is 5.82 Å². The molecule has 0 spiro atoms. The van der Waals surface area contributed by atoms with E-state index in [9.17, 15) is 9.18 Å². The molecule has 1 aliphatic carbocycles. The van der Waals surface area contributed by atoms with E-state index >= 15 is 0 Å². The molecule has 0 amide bonds. The van der Waals surface area contributed by atoms with Crippen LogP contribution in [0.4, 0.5) is 10.1 Å². The summed E-state index contributed by atoms with van der Waals surface area (Å²) in [6.07, 6.45) is 4.90. The van der Waals surface area contributed by atoms with Crippen LogP contribution in [-0.2, 0) is 4.74 Å². The van der Waals surface area contributed by atoms with Gasteiger partial charge in [0.1, 0.15) is 11.0 Å². The van der Waals surface area contributed by atoms with Gasteiger partial charge < -0.3 is 10.1 Å². The first-order valence-electron chi connectivity index (χ1n) is 7.64. The molecule has 7 heteroatoms. The lowest BCUT2D eigenvalue weighted by Crippen LogP contribution is -2.10. The van der Waals surface area contributed by atoms with Crippen LogP contribution in [0.2, 0.25) is 0 Å². The Bertz CT molecular complexity index is 933. The number of hydrogen-bond donors (Lipinski definition) is 2. The Morgan fingerprint density at radius 1 is 1.42 bits per heavy atom. The molecule has 1 aliphatic rings. The van der Waals surface area contributed by atoms with Gasteiger partial charge in [0, 0.05) is 23.5 Å². The van der Waals surface area contributed by atoms with E-state index in [4.69, 9.17) is 4.74 Å². The van der Waals surface area contributed by atoms with Crippen LogP contribution in [0.25, 0.3) is 22.2 Å². The second-order valence-corrected chi connectivity index (χ2v) is 5.77. The Kier molecular flexibility index (Phi) is 3.41. The van der Waals surface area contributed by atoms with Crippen LogP contribution < -0.4 is 5.32 Å². The van der Waals surface area contributed by atoms with Crippen LogP contribution >= 0.6 is 0 Å². The summed E-state index contributed by atoms with van der Waals surface area (Å²) in [6, 6.07) is 5.44. The predicted octanol–water partition coefficient (Wildman–Crippen LogP) is 3.12. The zero-order valence-corrected chi connectivity index (χ0v) is 13.0. The molecule has 122 valence electrons. The second kappa shape index (κ2) is 5.59. The summed E-state index contributed by atoms with van der Waals surface area (Å²) in [4.78, 5) is 16.0. The standard InChI is InChI=1S/C17H15FN4O2/c1-24-17(23)11-5-2-9(6-13(11)21-10-3-4-10)15-12(18)7-19-14-8-20-22-16(14)15/h2,5-8,10,21H,3-4H2,1H3,(H,20,22). The summed E-state index contributed by atoms with van der Waals surface area (Å²) in [7, 11) is 1.34. The molecule has 0 aliphatic heterocycles. The van der Waals surface area contributed by atoms with E-state index in [0.29, 0.717) is 39.5 Å². The highest BCUT2D eigenvalue weighted by molar-refractivity contribution is 5.98. The summed E-state index contributed by atoms with van der Waals surface area (Å²) in [5, 5.41) is 10.1. The number of anilines is 1. The van der Waals surface area contributed by atoms with E-state index in [1.807, 2.05) is 0 Å². The van der Waals surface area contributed by atoms with Gasteiger partial charge in [0.15, 0.2) is 5.82 Å². The number of halogens is 1. The minimum Gasteiger partial charge on any atom is -0.465 e. The van der Waals surface area contributed by atoms with Gasteiger partial charge in [0.25, 0.3) is 0 Å². The number of esters is 1. The second-order valence-electron chi connectivity index (χ2n) is 5.77. The maximum atomic E-state index is 14.4.